The molecule has 0 bridgehead atoms. The van der Waals surface area contributed by atoms with E-state index in [1.807, 2.05) is 18.2 Å². The van der Waals surface area contributed by atoms with Gasteiger partial charge < -0.3 is 14.6 Å². The van der Waals surface area contributed by atoms with Crippen LogP contribution >= 0.6 is 22.6 Å². The lowest BCUT2D eigenvalue weighted by Gasteiger charge is -2.29. The number of nitrogens with zero attached hydrogens (tertiary/aromatic N) is 3. The largest absolute Gasteiger partial charge is 0.474 e. The van der Waals surface area contributed by atoms with E-state index < -0.39 is 0 Å². The zero-order valence-electron chi connectivity index (χ0n) is 19.8. The molecule has 0 spiro atoms. The molecule has 184 valence electrons. The molecule has 3 fully saturated rings. The molecule has 1 amide bonds. The van der Waals surface area contributed by atoms with Crippen molar-refractivity contribution in [3.05, 3.63) is 52.4 Å². The van der Waals surface area contributed by atoms with E-state index in [1.165, 1.54) is 23.7 Å². The van der Waals surface area contributed by atoms with Crippen LogP contribution in [0.2, 0.25) is 0 Å². The first-order chi connectivity index (χ1) is 17.1. The fourth-order valence-corrected chi connectivity index (χ4v) is 6.08. The average Bonchev–Trinajstić information content (AvgIpc) is 3.80. The minimum absolute atomic E-state index is 0.145. The summed E-state index contributed by atoms with van der Waals surface area (Å²) in [6.07, 6.45) is 12.2. The second kappa shape index (κ2) is 9.59. The lowest BCUT2D eigenvalue weighted by atomic mass is 9.84. The van der Waals surface area contributed by atoms with E-state index in [9.17, 15) is 9.59 Å². The van der Waals surface area contributed by atoms with Gasteiger partial charge in [-0.1, -0.05) is 22.6 Å². The molecule has 0 unspecified atom stereocenters. The number of carbonyl (C=O) groups is 1. The van der Waals surface area contributed by atoms with Gasteiger partial charge in [0.1, 0.15) is 11.8 Å². The Morgan fingerprint density at radius 2 is 1.83 bits per heavy atom. The molecule has 0 atom stereocenters. The monoisotopic (exact) mass is 586 g/mol. The van der Waals surface area contributed by atoms with E-state index in [0.717, 1.165) is 61.2 Å². The first-order valence-electron chi connectivity index (χ1n) is 12.9. The number of aromatic nitrogens is 3. The first kappa shape index (κ1) is 23.1. The lowest BCUT2D eigenvalue weighted by Crippen LogP contribution is -2.24. The summed E-state index contributed by atoms with van der Waals surface area (Å²) in [6, 6.07) is 9.65. The molecule has 3 aliphatic carbocycles. The minimum atomic E-state index is -0.290. The maximum Gasteiger partial charge on any atom is 0.274 e. The quantitative estimate of drug-likeness (QED) is 0.264. The van der Waals surface area contributed by atoms with Gasteiger partial charge in [0.15, 0.2) is 0 Å². The number of fused-ring (bicyclic) bond motifs is 1. The van der Waals surface area contributed by atoms with Gasteiger partial charge in [-0.15, -0.1) is 0 Å². The van der Waals surface area contributed by atoms with Gasteiger partial charge in [-0.05, 0) is 98.5 Å². The van der Waals surface area contributed by atoms with Gasteiger partial charge in [0, 0.05) is 17.8 Å². The van der Waals surface area contributed by atoms with Crippen LogP contribution in [-0.2, 0) is 0 Å². The summed E-state index contributed by atoms with van der Waals surface area (Å²) < 4.78 is 11.4. The molecule has 3 aromatic rings. The molecule has 35 heavy (non-hydrogen) atoms. The van der Waals surface area contributed by atoms with Crippen LogP contribution in [0.15, 0.2) is 41.3 Å². The van der Waals surface area contributed by atoms with Crippen molar-refractivity contribution in [2.45, 2.75) is 76.0 Å². The van der Waals surface area contributed by atoms with Crippen molar-refractivity contribution in [2.24, 2.45) is 5.92 Å². The van der Waals surface area contributed by atoms with Crippen LogP contribution in [0.4, 0.5) is 5.69 Å². The first-order valence-corrected chi connectivity index (χ1v) is 14.4. The van der Waals surface area contributed by atoms with E-state index in [4.69, 9.17) is 9.84 Å². The normalized spacial score (nSPS) is 22.3. The lowest BCUT2D eigenvalue weighted by molar-refractivity contribution is 0.102. The fraction of sp³-hybridized carbons (Fsp3) is 0.519. The highest BCUT2D eigenvalue weighted by atomic mass is 127. The number of pyridine rings is 1. The number of hydrogen-bond donors (Lipinski definition) is 1. The Morgan fingerprint density at radius 3 is 2.54 bits per heavy atom. The van der Waals surface area contributed by atoms with Gasteiger partial charge in [-0.2, -0.15) is 5.10 Å². The van der Waals surface area contributed by atoms with Crippen LogP contribution in [0.1, 0.15) is 80.2 Å². The Hall–Kier alpha value is -2.36. The smallest absolute Gasteiger partial charge is 0.274 e. The summed E-state index contributed by atoms with van der Waals surface area (Å²) in [6.45, 7) is 0. The van der Waals surface area contributed by atoms with Crippen LogP contribution in [0.3, 0.4) is 0 Å². The van der Waals surface area contributed by atoms with E-state index >= 15 is 0 Å². The van der Waals surface area contributed by atoms with Gasteiger partial charge in [0.05, 0.1) is 16.9 Å². The topological polar surface area (TPSA) is 78.2 Å². The SMILES string of the molecule is O=C(Nc1cccn(C2CC2)c1=O)c1ccc2nn(C3CCC(CCI)CC3)c(OC3CC3)c2c1. The number of ether oxygens (including phenoxy) is 1. The average molecular weight is 586 g/mol. The van der Waals surface area contributed by atoms with E-state index in [0.29, 0.717) is 17.3 Å². The molecule has 7 nitrogen and oxygen atoms in total. The summed E-state index contributed by atoms with van der Waals surface area (Å²) in [4.78, 5) is 25.9. The number of carbonyl (C=O) groups excluding carboxylic acids is 1. The molecule has 2 heterocycles. The van der Waals surface area contributed by atoms with Crippen molar-refractivity contribution in [2.75, 3.05) is 9.74 Å². The van der Waals surface area contributed by atoms with E-state index in [-0.39, 0.29) is 23.6 Å². The molecule has 1 aromatic carbocycles. The van der Waals surface area contributed by atoms with Gasteiger partial charge >= 0.3 is 0 Å². The fourth-order valence-electron chi connectivity index (χ4n) is 5.20. The van der Waals surface area contributed by atoms with Crippen LogP contribution in [-0.4, -0.2) is 30.8 Å². The van der Waals surface area contributed by atoms with Crippen LogP contribution in [0.25, 0.3) is 10.9 Å². The van der Waals surface area contributed by atoms with Gasteiger partial charge in [-0.3, -0.25) is 9.59 Å². The summed E-state index contributed by atoms with van der Waals surface area (Å²) in [5, 5.41) is 8.64. The molecule has 0 radical (unpaired) electrons. The molecule has 0 saturated heterocycles. The highest BCUT2D eigenvalue weighted by molar-refractivity contribution is 14.1. The minimum Gasteiger partial charge on any atom is -0.474 e. The number of alkyl halides is 1. The third-order valence-electron chi connectivity index (χ3n) is 7.56. The second-order valence-corrected chi connectivity index (χ2v) is 11.3. The van der Waals surface area contributed by atoms with E-state index in [1.54, 1.807) is 22.9 Å². The second-order valence-electron chi connectivity index (χ2n) is 10.3. The predicted molar refractivity (Wildman–Crippen MR) is 145 cm³/mol. The standard InChI is InChI=1S/C27H31IN4O3/c28-14-13-17-3-6-20(7-4-17)32-27(35-21-10-11-21)22-16-18(5-12-23(22)30-32)25(33)29-24-2-1-15-31(26(24)34)19-8-9-19/h1-2,5,12,15-17,19-21H,3-4,6-11,13-14H2,(H,29,33). The summed E-state index contributed by atoms with van der Waals surface area (Å²) in [5.41, 5.74) is 1.53. The van der Waals surface area contributed by atoms with Crippen LogP contribution in [0.5, 0.6) is 5.88 Å². The highest BCUT2D eigenvalue weighted by Crippen LogP contribution is 2.40. The maximum absolute atomic E-state index is 13.1. The molecule has 6 rings (SSSR count). The Balaban J connectivity index is 1.28. The highest BCUT2D eigenvalue weighted by Gasteiger charge is 2.31. The Bertz CT molecular complexity index is 1300. The van der Waals surface area contributed by atoms with Gasteiger partial charge in [0.2, 0.25) is 5.88 Å². The van der Waals surface area contributed by atoms with Crippen molar-refractivity contribution in [1.82, 2.24) is 14.3 Å². The molecule has 0 aliphatic heterocycles. The Kier molecular flexibility index (Phi) is 6.32. The number of hydrogen-bond acceptors (Lipinski definition) is 4. The van der Waals surface area contributed by atoms with Crippen molar-refractivity contribution in [3.63, 3.8) is 0 Å². The Morgan fingerprint density at radius 1 is 1.06 bits per heavy atom. The van der Waals surface area contributed by atoms with Crippen molar-refractivity contribution in [3.8, 4) is 5.88 Å². The van der Waals surface area contributed by atoms with Gasteiger partial charge in [0.25, 0.3) is 11.5 Å². The molecular formula is C27H31IN4O3. The van der Waals surface area contributed by atoms with Crippen molar-refractivity contribution < 1.29 is 9.53 Å². The Labute approximate surface area is 218 Å². The molecule has 3 saturated carbocycles. The van der Waals surface area contributed by atoms with Crippen molar-refractivity contribution in [1.29, 1.82) is 0 Å². The molecule has 2 aromatic heterocycles. The zero-order valence-corrected chi connectivity index (χ0v) is 21.9. The number of benzene rings is 1. The number of anilines is 1. The number of nitrogens with one attached hydrogen (secondary N) is 1. The summed E-state index contributed by atoms with van der Waals surface area (Å²) >= 11 is 2.48. The third-order valence-corrected chi connectivity index (χ3v) is 8.18. The van der Waals surface area contributed by atoms with Crippen LogP contribution in [0, 0.1) is 5.92 Å². The molecule has 8 heteroatoms. The zero-order chi connectivity index (χ0) is 23.9. The number of amides is 1. The maximum atomic E-state index is 13.1. The molecule has 3 aliphatic rings. The molecular weight excluding hydrogens is 555 g/mol. The summed E-state index contributed by atoms with van der Waals surface area (Å²) in [5.74, 6) is 1.32. The third kappa shape index (κ3) is 4.86. The number of halogens is 1. The molecule has 1 N–H and O–H groups in total. The van der Waals surface area contributed by atoms with Crippen molar-refractivity contribution >= 4 is 45.1 Å². The predicted octanol–water partition coefficient (Wildman–Crippen LogP) is 5.88. The van der Waals surface area contributed by atoms with Gasteiger partial charge in [-0.25, -0.2) is 4.68 Å². The summed E-state index contributed by atoms with van der Waals surface area (Å²) in [7, 11) is 0. The number of rotatable bonds is 8. The van der Waals surface area contributed by atoms with Crippen LogP contribution < -0.4 is 15.6 Å². The van der Waals surface area contributed by atoms with E-state index in [2.05, 4.69) is 32.6 Å².